The molecule has 0 aliphatic rings. The van der Waals surface area contributed by atoms with Gasteiger partial charge in [-0.15, -0.1) is 0 Å². The highest BCUT2D eigenvalue weighted by Crippen LogP contribution is 1.85. The molecule has 1 atom stereocenters. The quantitative estimate of drug-likeness (QED) is 0.435. The second kappa shape index (κ2) is 8.02. The topological polar surface area (TPSA) is 24.1 Å². The molecule has 0 saturated heterocycles. The maximum Gasteiger partial charge on any atom is 0.0545 e. The van der Waals surface area contributed by atoms with E-state index in [1.165, 1.54) is 12.8 Å². The van der Waals surface area contributed by atoms with Gasteiger partial charge in [0.15, 0.2) is 0 Å². The van der Waals surface area contributed by atoms with Crippen molar-refractivity contribution < 1.29 is 0 Å². The molecule has 2 heteroatoms. The van der Waals surface area contributed by atoms with Gasteiger partial charge in [0, 0.05) is 6.54 Å². The SMILES string of the molecule is CC[CH]NC(C)NCCCC. The van der Waals surface area contributed by atoms with Crippen LogP contribution >= 0.6 is 0 Å². The average Bonchev–Trinajstić information content (AvgIpc) is 2.01. The van der Waals surface area contributed by atoms with Crippen LogP contribution in [0.5, 0.6) is 0 Å². The zero-order valence-electron chi connectivity index (χ0n) is 7.98. The monoisotopic (exact) mass is 157 g/mol. The van der Waals surface area contributed by atoms with Crippen LogP contribution in [0.1, 0.15) is 40.0 Å². The molecule has 0 bridgehead atoms. The fraction of sp³-hybridized carbons (Fsp3) is 0.889. The predicted molar refractivity (Wildman–Crippen MR) is 50.1 cm³/mol. The molecule has 0 aliphatic carbocycles. The number of nitrogens with one attached hydrogen (secondary N) is 2. The summed E-state index contributed by atoms with van der Waals surface area (Å²) < 4.78 is 0. The predicted octanol–water partition coefficient (Wildman–Crippen LogP) is 1.88. The molecule has 1 radical (unpaired) electrons. The Morgan fingerprint density at radius 1 is 1.36 bits per heavy atom. The first-order chi connectivity index (χ1) is 5.31. The van der Waals surface area contributed by atoms with Gasteiger partial charge in [0.2, 0.25) is 0 Å². The highest BCUT2D eigenvalue weighted by atomic mass is 15.1. The Labute approximate surface area is 70.8 Å². The van der Waals surface area contributed by atoms with Gasteiger partial charge < -0.3 is 5.32 Å². The maximum absolute atomic E-state index is 3.38. The third kappa shape index (κ3) is 7.82. The van der Waals surface area contributed by atoms with Gasteiger partial charge in [0.1, 0.15) is 0 Å². The van der Waals surface area contributed by atoms with E-state index in [2.05, 4.69) is 37.9 Å². The number of hydrogen-bond acceptors (Lipinski definition) is 2. The third-order valence-corrected chi connectivity index (χ3v) is 1.55. The van der Waals surface area contributed by atoms with E-state index in [9.17, 15) is 0 Å². The van der Waals surface area contributed by atoms with Gasteiger partial charge in [0.05, 0.1) is 6.17 Å². The van der Waals surface area contributed by atoms with Crippen LogP contribution in [0.15, 0.2) is 0 Å². The van der Waals surface area contributed by atoms with E-state index in [-0.39, 0.29) is 0 Å². The Balaban J connectivity index is 3.02. The Kier molecular flexibility index (Phi) is 7.96. The van der Waals surface area contributed by atoms with Crippen LogP contribution in [0.2, 0.25) is 0 Å². The van der Waals surface area contributed by atoms with E-state index in [4.69, 9.17) is 0 Å². The van der Waals surface area contributed by atoms with Crippen molar-refractivity contribution in [3.05, 3.63) is 6.54 Å². The number of hydrogen-bond donors (Lipinski definition) is 2. The minimum absolute atomic E-state index is 0.418. The third-order valence-electron chi connectivity index (χ3n) is 1.55. The summed E-state index contributed by atoms with van der Waals surface area (Å²) in [5, 5.41) is 6.63. The smallest absolute Gasteiger partial charge is 0.0545 e. The zero-order valence-corrected chi connectivity index (χ0v) is 7.98. The highest BCUT2D eigenvalue weighted by Gasteiger charge is 1.96. The molecule has 0 aromatic carbocycles. The van der Waals surface area contributed by atoms with E-state index in [1.54, 1.807) is 0 Å². The molecule has 2 nitrogen and oxygen atoms in total. The van der Waals surface area contributed by atoms with Crippen LogP contribution in [0.3, 0.4) is 0 Å². The molecule has 0 heterocycles. The largest absolute Gasteiger partial charge is 0.302 e. The van der Waals surface area contributed by atoms with Gasteiger partial charge in [-0.05, 0) is 26.3 Å². The fourth-order valence-corrected chi connectivity index (χ4v) is 0.849. The molecule has 11 heavy (non-hydrogen) atoms. The van der Waals surface area contributed by atoms with Crippen molar-refractivity contribution in [2.24, 2.45) is 0 Å². The lowest BCUT2D eigenvalue weighted by Gasteiger charge is -2.13. The molecule has 0 aromatic heterocycles. The van der Waals surface area contributed by atoms with E-state index in [1.807, 2.05) is 0 Å². The fourth-order valence-electron chi connectivity index (χ4n) is 0.849. The van der Waals surface area contributed by atoms with Crippen molar-refractivity contribution >= 4 is 0 Å². The summed E-state index contributed by atoms with van der Waals surface area (Å²) in [4.78, 5) is 0. The molecule has 0 fully saturated rings. The molecular weight excluding hydrogens is 136 g/mol. The minimum atomic E-state index is 0.418. The van der Waals surface area contributed by atoms with E-state index in [0.29, 0.717) is 6.17 Å². The van der Waals surface area contributed by atoms with Crippen LogP contribution < -0.4 is 10.6 Å². The highest BCUT2D eigenvalue weighted by molar-refractivity contribution is 4.64. The molecule has 2 N–H and O–H groups in total. The zero-order chi connectivity index (χ0) is 8.53. The van der Waals surface area contributed by atoms with Crippen LogP contribution in [-0.4, -0.2) is 12.7 Å². The Bertz CT molecular complexity index is 74.0. The summed E-state index contributed by atoms with van der Waals surface area (Å²) in [7, 11) is 0. The molecule has 0 saturated carbocycles. The lowest BCUT2D eigenvalue weighted by Crippen LogP contribution is -2.38. The summed E-state index contributed by atoms with van der Waals surface area (Å²) in [6.07, 6.45) is 4.02. The molecule has 1 unspecified atom stereocenters. The first-order valence-corrected chi connectivity index (χ1v) is 4.62. The second-order valence-corrected chi connectivity index (χ2v) is 2.81. The van der Waals surface area contributed by atoms with Crippen LogP contribution in [-0.2, 0) is 0 Å². The first-order valence-electron chi connectivity index (χ1n) is 4.62. The van der Waals surface area contributed by atoms with Crippen LogP contribution in [0.25, 0.3) is 0 Å². The van der Waals surface area contributed by atoms with Gasteiger partial charge in [-0.25, -0.2) is 0 Å². The average molecular weight is 157 g/mol. The minimum Gasteiger partial charge on any atom is -0.302 e. The van der Waals surface area contributed by atoms with Gasteiger partial charge in [-0.1, -0.05) is 20.3 Å². The Morgan fingerprint density at radius 3 is 2.64 bits per heavy atom. The van der Waals surface area contributed by atoms with Gasteiger partial charge in [-0.2, -0.15) is 0 Å². The van der Waals surface area contributed by atoms with Gasteiger partial charge in [-0.3, -0.25) is 5.32 Å². The first kappa shape index (κ1) is 10.9. The second-order valence-electron chi connectivity index (χ2n) is 2.81. The maximum atomic E-state index is 3.38. The lowest BCUT2D eigenvalue weighted by molar-refractivity contribution is 0.476. The number of rotatable bonds is 7. The molecular formula is C9H21N2. The van der Waals surface area contributed by atoms with Crippen molar-refractivity contribution in [3.63, 3.8) is 0 Å². The molecule has 0 spiro atoms. The summed E-state index contributed by atoms with van der Waals surface area (Å²) >= 11 is 0. The van der Waals surface area contributed by atoms with Crippen molar-refractivity contribution in [3.8, 4) is 0 Å². The van der Waals surface area contributed by atoms with Crippen molar-refractivity contribution in [2.45, 2.75) is 46.2 Å². The molecule has 0 aromatic rings. The standard InChI is InChI=1S/C9H21N2/c1-4-6-8-11-9(3)10-7-5-2/h7,9-11H,4-6,8H2,1-3H3. The summed E-state index contributed by atoms with van der Waals surface area (Å²) in [6.45, 7) is 9.68. The molecule has 0 amide bonds. The van der Waals surface area contributed by atoms with Gasteiger partial charge >= 0.3 is 0 Å². The summed E-state index contributed by atoms with van der Waals surface area (Å²) in [6, 6.07) is 0. The molecule has 0 aliphatic heterocycles. The molecule has 0 rings (SSSR count). The summed E-state index contributed by atoms with van der Waals surface area (Å²) in [5.41, 5.74) is 0. The van der Waals surface area contributed by atoms with E-state index < -0.39 is 0 Å². The Morgan fingerprint density at radius 2 is 2.09 bits per heavy atom. The van der Waals surface area contributed by atoms with Crippen molar-refractivity contribution in [1.29, 1.82) is 0 Å². The van der Waals surface area contributed by atoms with E-state index in [0.717, 1.165) is 13.0 Å². The van der Waals surface area contributed by atoms with E-state index >= 15 is 0 Å². The number of unbranched alkanes of at least 4 members (excludes halogenated alkanes) is 1. The Hall–Kier alpha value is -0.0800. The normalized spacial score (nSPS) is 13.4. The lowest BCUT2D eigenvalue weighted by atomic mass is 10.3. The van der Waals surface area contributed by atoms with Crippen molar-refractivity contribution in [1.82, 2.24) is 10.6 Å². The molecule has 67 valence electrons. The summed E-state index contributed by atoms with van der Waals surface area (Å²) in [5.74, 6) is 0. The van der Waals surface area contributed by atoms with Gasteiger partial charge in [0.25, 0.3) is 0 Å². The van der Waals surface area contributed by atoms with Crippen molar-refractivity contribution in [2.75, 3.05) is 6.54 Å². The van der Waals surface area contributed by atoms with Crippen LogP contribution in [0, 0.1) is 6.54 Å². The van der Waals surface area contributed by atoms with Crippen LogP contribution in [0.4, 0.5) is 0 Å².